The van der Waals surface area contributed by atoms with E-state index in [1.807, 2.05) is 38.1 Å². The van der Waals surface area contributed by atoms with Crippen molar-refractivity contribution in [1.29, 1.82) is 0 Å². The highest BCUT2D eigenvalue weighted by molar-refractivity contribution is 6.09. The normalized spacial score (nSPS) is 17.7. The van der Waals surface area contributed by atoms with Gasteiger partial charge in [-0.05, 0) is 23.0 Å². The summed E-state index contributed by atoms with van der Waals surface area (Å²) < 4.78 is 5.10. The number of nitrogens with zero attached hydrogens (tertiary/aromatic N) is 1. The second-order valence-corrected chi connectivity index (χ2v) is 7.50. The number of aliphatic hydroxyl groups is 1. The zero-order valence-electron chi connectivity index (χ0n) is 16.3. The Labute approximate surface area is 155 Å². The summed E-state index contributed by atoms with van der Waals surface area (Å²) in [7, 11) is 1.56. The van der Waals surface area contributed by atoms with Gasteiger partial charge in [-0.3, -0.25) is 9.59 Å². The van der Waals surface area contributed by atoms with E-state index in [4.69, 9.17) is 4.74 Å². The number of methoxy groups -OCH3 is 1. The minimum Gasteiger partial charge on any atom is -0.503 e. The molecule has 26 heavy (non-hydrogen) atoms. The monoisotopic (exact) mass is 359 g/mol. The molecule has 0 aliphatic carbocycles. The molecule has 0 spiro atoms. The van der Waals surface area contributed by atoms with Crippen LogP contribution in [0.25, 0.3) is 0 Å². The number of hydrogen-bond acceptors (Lipinski definition) is 4. The van der Waals surface area contributed by atoms with E-state index >= 15 is 0 Å². The van der Waals surface area contributed by atoms with Crippen molar-refractivity contribution in [3.8, 4) is 0 Å². The van der Waals surface area contributed by atoms with Gasteiger partial charge in [0, 0.05) is 20.1 Å². The van der Waals surface area contributed by atoms with E-state index in [1.54, 1.807) is 7.11 Å². The van der Waals surface area contributed by atoms with Gasteiger partial charge in [0.2, 0.25) is 0 Å². The third-order valence-electron chi connectivity index (χ3n) is 4.65. The van der Waals surface area contributed by atoms with Gasteiger partial charge in [0.15, 0.2) is 11.5 Å². The molecule has 1 aromatic rings. The predicted molar refractivity (Wildman–Crippen MR) is 101 cm³/mol. The Kier molecular flexibility index (Phi) is 6.59. The number of hydrogen-bond donors (Lipinski definition) is 1. The molecule has 0 saturated carbocycles. The molecule has 2 rings (SSSR count). The van der Waals surface area contributed by atoms with Crippen molar-refractivity contribution in [3.05, 3.63) is 46.7 Å². The fourth-order valence-corrected chi connectivity index (χ4v) is 3.25. The van der Waals surface area contributed by atoms with Gasteiger partial charge in [-0.1, -0.05) is 52.0 Å². The summed E-state index contributed by atoms with van der Waals surface area (Å²) in [5, 5.41) is 10.4. The number of ether oxygens (including phenoxy) is 1. The second kappa shape index (κ2) is 8.49. The fraction of sp³-hybridized carbons (Fsp3) is 0.524. The summed E-state index contributed by atoms with van der Waals surface area (Å²) >= 11 is 0. The zero-order chi connectivity index (χ0) is 19.4. The lowest BCUT2D eigenvalue weighted by Crippen LogP contribution is -2.34. The minimum atomic E-state index is -0.565. The first-order valence-electron chi connectivity index (χ1n) is 9.14. The van der Waals surface area contributed by atoms with E-state index in [0.717, 1.165) is 5.56 Å². The highest BCUT2D eigenvalue weighted by Crippen LogP contribution is 2.38. The summed E-state index contributed by atoms with van der Waals surface area (Å²) in [5.74, 6) is -0.569. The Morgan fingerprint density at radius 3 is 2.31 bits per heavy atom. The molecular formula is C21H29NO4. The van der Waals surface area contributed by atoms with Crippen molar-refractivity contribution in [2.45, 2.75) is 46.1 Å². The topological polar surface area (TPSA) is 66.8 Å². The van der Waals surface area contributed by atoms with Crippen molar-refractivity contribution in [1.82, 2.24) is 4.90 Å². The van der Waals surface area contributed by atoms with Crippen LogP contribution in [0.3, 0.4) is 0 Å². The number of ketones is 1. The molecule has 5 nitrogen and oxygen atoms in total. The van der Waals surface area contributed by atoms with Crippen LogP contribution < -0.4 is 0 Å². The van der Waals surface area contributed by atoms with E-state index in [9.17, 15) is 14.7 Å². The van der Waals surface area contributed by atoms with Crippen LogP contribution in [0.5, 0.6) is 0 Å². The van der Waals surface area contributed by atoms with Gasteiger partial charge in [0.05, 0.1) is 18.2 Å². The van der Waals surface area contributed by atoms with Crippen molar-refractivity contribution in [3.63, 3.8) is 0 Å². The van der Waals surface area contributed by atoms with Crippen LogP contribution in [0.4, 0.5) is 0 Å². The first-order valence-corrected chi connectivity index (χ1v) is 9.14. The standard InChI is InChI=1S/C21H29NO4/c1-13(2)12-17(23)18-19(16-8-6-15(7-9-16)14(3)4)22(10-11-26-5)21(25)20(18)24/h6-9,13-14,19,24H,10-12H2,1-5H3. The highest BCUT2D eigenvalue weighted by atomic mass is 16.5. The third kappa shape index (κ3) is 4.15. The lowest BCUT2D eigenvalue weighted by atomic mass is 9.91. The molecule has 1 heterocycles. The van der Waals surface area contributed by atoms with E-state index in [-0.39, 0.29) is 17.3 Å². The molecular weight excluding hydrogens is 330 g/mol. The molecule has 5 heteroatoms. The molecule has 0 aromatic heterocycles. The van der Waals surface area contributed by atoms with Gasteiger partial charge >= 0.3 is 0 Å². The maximum atomic E-state index is 12.8. The number of carbonyl (C=O) groups is 2. The van der Waals surface area contributed by atoms with Crippen molar-refractivity contribution in [2.75, 3.05) is 20.3 Å². The van der Waals surface area contributed by atoms with Crippen LogP contribution in [0.15, 0.2) is 35.6 Å². The van der Waals surface area contributed by atoms with E-state index in [2.05, 4.69) is 13.8 Å². The van der Waals surface area contributed by atoms with Gasteiger partial charge in [0.1, 0.15) is 0 Å². The smallest absolute Gasteiger partial charge is 0.290 e. The molecule has 0 fully saturated rings. The lowest BCUT2D eigenvalue weighted by molar-refractivity contribution is -0.130. The average molecular weight is 359 g/mol. The van der Waals surface area contributed by atoms with Crippen molar-refractivity contribution in [2.24, 2.45) is 5.92 Å². The molecule has 1 aliphatic heterocycles. The molecule has 1 aromatic carbocycles. The van der Waals surface area contributed by atoms with Crippen LogP contribution in [0.1, 0.15) is 57.2 Å². The zero-order valence-corrected chi connectivity index (χ0v) is 16.3. The predicted octanol–water partition coefficient (Wildman–Crippen LogP) is 3.77. The number of amides is 1. The molecule has 1 unspecified atom stereocenters. The molecule has 142 valence electrons. The van der Waals surface area contributed by atoms with Crippen LogP contribution in [0.2, 0.25) is 0 Å². The van der Waals surface area contributed by atoms with E-state index in [0.29, 0.717) is 25.5 Å². The van der Waals surface area contributed by atoms with Crippen LogP contribution >= 0.6 is 0 Å². The second-order valence-electron chi connectivity index (χ2n) is 7.50. The molecule has 1 aliphatic rings. The van der Waals surface area contributed by atoms with Crippen molar-refractivity contribution >= 4 is 11.7 Å². The Morgan fingerprint density at radius 1 is 1.19 bits per heavy atom. The first kappa shape index (κ1) is 20.2. The molecule has 1 N–H and O–H groups in total. The van der Waals surface area contributed by atoms with Gasteiger partial charge < -0.3 is 14.7 Å². The quantitative estimate of drug-likeness (QED) is 0.767. The van der Waals surface area contributed by atoms with Crippen LogP contribution in [-0.2, 0) is 14.3 Å². The lowest BCUT2D eigenvalue weighted by Gasteiger charge is -2.27. The Bertz CT molecular complexity index is 688. The Balaban J connectivity index is 2.45. The average Bonchev–Trinajstić information content (AvgIpc) is 2.84. The number of Topliss-reactive ketones (excluding diaryl/α,β-unsaturated/α-hetero) is 1. The summed E-state index contributed by atoms with van der Waals surface area (Å²) in [5.41, 5.74) is 2.22. The molecule has 1 atom stereocenters. The van der Waals surface area contributed by atoms with Crippen molar-refractivity contribution < 1.29 is 19.4 Å². The minimum absolute atomic E-state index is 0.148. The Hall–Kier alpha value is -2.14. The first-order chi connectivity index (χ1) is 12.3. The summed E-state index contributed by atoms with van der Waals surface area (Å²) in [6.07, 6.45) is 0.297. The van der Waals surface area contributed by atoms with E-state index < -0.39 is 17.7 Å². The Morgan fingerprint density at radius 2 is 1.81 bits per heavy atom. The molecule has 0 saturated heterocycles. The van der Waals surface area contributed by atoms with Crippen LogP contribution in [-0.4, -0.2) is 42.0 Å². The van der Waals surface area contributed by atoms with Gasteiger partial charge in [-0.2, -0.15) is 0 Å². The summed E-state index contributed by atoms with van der Waals surface area (Å²) in [6.45, 7) is 8.77. The summed E-state index contributed by atoms with van der Waals surface area (Å²) in [4.78, 5) is 26.9. The maximum absolute atomic E-state index is 12.8. The van der Waals surface area contributed by atoms with Gasteiger partial charge in [-0.25, -0.2) is 0 Å². The molecule has 1 amide bonds. The third-order valence-corrected chi connectivity index (χ3v) is 4.65. The van der Waals surface area contributed by atoms with Gasteiger partial charge in [0.25, 0.3) is 5.91 Å². The molecule has 0 bridgehead atoms. The fourth-order valence-electron chi connectivity index (χ4n) is 3.25. The number of carbonyl (C=O) groups excluding carboxylic acids is 2. The van der Waals surface area contributed by atoms with Gasteiger partial charge in [-0.15, -0.1) is 0 Å². The maximum Gasteiger partial charge on any atom is 0.290 e. The SMILES string of the molecule is COCCN1C(=O)C(O)=C(C(=O)CC(C)C)C1c1ccc(C(C)C)cc1. The number of rotatable bonds is 8. The van der Waals surface area contributed by atoms with Crippen LogP contribution in [0, 0.1) is 5.92 Å². The largest absolute Gasteiger partial charge is 0.503 e. The summed E-state index contributed by atoms with van der Waals surface area (Å²) in [6, 6.07) is 7.34. The number of aliphatic hydroxyl groups excluding tert-OH is 1. The molecule has 0 radical (unpaired) electrons. The highest BCUT2D eigenvalue weighted by Gasteiger charge is 2.43. The van der Waals surface area contributed by atoms with E-state index in [1.165, 1.54) is 10.5 Å². The number of benzene rings is 1.